The number of carboxylic acid groups (broad SMARTS) is 1. The van der Waals surface area contributed by atoms with Crippen molar-refractivity contribution >= 4 is 5.97 Å². The Balaban J connectivity index is 1.94. The zero-order chi connectivity index (χ0) is 12.3. The number of furan rings is 2. The van der Waals surface area contributed by atoms with Crippen LogP contribution in [0.25, 0.3) is 0 Å². The van der Waals surface area contributed by atoms with Crippen molar-refractivity contribution in [2.75, 3.05) is 0 Å². The van der Waals surface area contributed by atoms with Gasteiger partial charge in [0.1, 0.15) is 24.2 Å². The van der Waals surface area contributed by atoms with Crippen LogP contribution in [0.3, 0.4) is 0 Å². The van der Waals surface area contributed by atoms with E-state index >= 15 is 0 Å². The van der Waals surface area contributed by atoms with Crippen molar-refractivity contribution < 1.29 is 23.5 Å². The maximum Gasteiger partial charge on any atom is 0.371 e. The van der Waals surface area contributed by atoms with Crippen LogP contribution in [-0.4, -0.2) is 11.1 Å². The van der Waals surface area contributed by atoms with E-state index < -0.39 is 5.97 Å². The lowest BCUT2D eigenvalue weighted by Gasteiger charge is -2.08. The first-order valence-electron chi connectivity index (χ1n) is 5.14. The zero-order valence-corrected chi connectivity index (χ0v) is 9.25. The van der Waals surface area contributed by atoms with Crippen molar-refractivity contribution in [3.05, 3.63) is 47.8 Å². The maximum absolute atomic E-state index is 10.6. The van der Waals surface area contributed by atoms with Gasteiger partial charge in [-0.2, -0.15) is 0 Å². The van der Waals surface area contributed by atoms with Crippen molar-refractivity contribution in [3.63, 3.8) is 0 Å². The fourth-order valence-corrected chi connectivity index (χ4v) is 1.37. The molecule has 2 heterocycles. The van der Waals surface area contributed by atoms with E-state index in [0.29, 0.717) is 18.1 Å². The molecule has 0 aliphatic rings. The fourth-order valence-electron chi connectivity index (χ4n) is 1.37. The van der Waals surface area contributed by atoms with Gasteiger partial charge in [0.05, 0.1) is 6.26 Å². The highest BCUT2D eigenvalue weighted by Gasteiger charge is 2.14. The molecule has 1 unspecified atom stereocenters. The topological polar surface area (TPSA) is 72.8 Å². The molecule has 0 aromatic carbocycles. The third-order valence-corrected chi connectivity index (χ3v) is 2.29. The van der Waals surface area contributed by atoms with Gasteiger partial charge < -0.3 is 18.7 Å². The summed E-state index contributed by atoms with van der Waals surface area (Å²) in [6, 6.07) is 6.58. The SMILES string of the molecule is CC(OCc1ccco1)c1ccc(C(=O)O)o1. The van der Waals surface area contributed by atoms with E-state index in [1.165, 1.54) is 6.07 Å². The van der Waals surface area contributed by atoms with Gasteiger partial charge in [-0.25, -0.2) is 4.79 Å². The van der Waals surface area contributed by atoms with E-state index in [4.69, 9.17) is 18.7 Å². The number of hydrogen-bond acceptors (Lipinski definition) is 4. The predicted octanol–water partition coefficient (Wildman–Crippen LogP) is 2.85. The van der Waals surface area contributed by atoms with E-state index in [1.807, 2.05) is 0 Å². The van der Waals surface area contributed by atoms with Crippen molar-refractivity contribution in [1.82, 2.24) is 0 Å². The lowest BCUT2D eigenvalue weighted by atomic mass is 10.3. The molecule has 2 aromatic heterocycles. The summed E-state index contributed by atoms with van der Waals surface area (Å²) in [5.41, 5.74) is 0. The molecule has 0 amide bonds. The van der Waals surface area contributed by atoms with Crippen molar-refractivity contribution in [2.45, 2.75) is 19.6 Å². The molecule has 0 aliphatic carbocycles. The Morgan fingerprint density at radius 2 is 2.29 bits per heavy atom. The molecular formula is C12H12O5. The summed E-state index contributed by atoms with van der Waals surface area (Å²) in [6.07, 6.45) is 1.24. The molecule has 0 saturated heterocycles. The Morgan fingerprint density at radius 3 is 2.88 bits per heavy atom. The molecule has 0 fully saturated rings. The van der Waals surface area contributed by atoms with Crippen LogP contribution in [0, 0.1) is 0 Å². The second-order valence-corrected chi connectivity index (χ2v) is 3.54. The Kier molecular flexibility index (Phi) is 3.30. The van der Waals surface area contributed by atoms with Crippen LogP contribution in [0.2, 0.25) is 0 Å². The highest BCUT2D eigenvalue weighted by Crippen LogP contribution is 2.21. The summed E-state index contributed by atoms with van der Waals surface area (Å²) >= 11 is 0. The van der Waals surface area contributed by atoms with Gasteiger partial charge in [-0.1, -0.05) is 0 Å². The highest BCUT2D eigenvalue weighted by molar-refractivity contribution is 5.84. The van der Waals surface area contributed by atoms with Crippen molar-refractivity contribution in [1.29, 1.82) is 0 Å². The predicted molar refractivity (Wildman–Crippen MR) is 57.6 cm³/mol. The molecule has 17 heavy (non-hydrogen) atoms. The highest BCUT2D eigenvalue weighted by atomic mass is 16.5. The first-order valence-corrected chi connectivity index (χ1v) is 5.14. The summed E-state index contributed by atoms with van der Waals surface area (Å²) in [6.45, 7) is 2.10. The number of ether oxygens (including phenoxy) is 1. The molecule has 0 radical (unpaired) electrons. The zero-order valence-electron chi connectivity index (χ0n) is 9.25. The third kappa shape index (κ3) is 2.76. The first kappa shape index (κ1) is 11.5. The van der Waals surface area contributed by atoms with E-state index in [2.05, 4.69) is 0 Å². The molecule has 5 heteroatoms. The molecular weight excluding hydrogens is 224 g/mol. The normalized spacial score (nSPS) is 12.5. The molecule has 1 atom stereocenters. The van der Waals surface area contributed by atoms with Gasteiger partial charge in [-0.05, 0) is 31.2 Å². The van der Waals surface area contributed by atoms with Crippen LogP contribution in [0.1, 0.15) is 35.1 Å². The van der Waals surface area contributed by atoms with E-state index in [9.17, 15) is 4.79 Å². The van der Waals surface area contributed by atoms with Crippen molar-refractivity contribution in [2.24, 2.45) is 0 Å². The fraction of sp³-hybridized carbons (Fsp3) is 0.250. The lowest BCUT2D eigenvalue weighted by molar-refractivity contribution is 0.0271. The minimum Gasteiger partial charge on any atom is -0.475 e. The molecule has 0 saturated carbocycles. The van der Waals surface area contributed by atoms with Crippen LogP contribution >= 0.6 is 0 Å². The van der Waals surface area contributed by atoms with Gasteiger partial charge in [0.15, 0.2) is 0 Å². The number of aromatic carboxylic acids is 1. The average Bonchev–Trinajstić information content (AvgIpc) is 2.96. The minimum atomic E-state index is -1.09. The molecule has 2 aromatic rings. The molecule has 1 N–H and O–H groups in total. The second-order valence-electron chi connectivity index (χ2n) is 3.54. The molecule has 90 valence electrons. The minimum absolute atomic E-state index is 0.0894. The Labute approximate surface area is 97.6 Å². The number of carbonyl (C=O) groups is 1. The van der Waals surface area contributed by atoms with Gasteiger partial charge in [0.25, 0.3) is 0 Å². The quantitative estimate of drug-likeness (QED) is 0.864. The molecule has 0 bridgehead atoms. The number of carboxylic acids is 1. The van der Waals surface area contributed by atoms with Gasteiger partial charge in [0, 0.05) is 0 Å². The van der Waals surface area contributed by atoms with Crippen molar-refractivity contribution in [3.8, 4) is 0 Å². The van der Waals surface area contributed by atoms with Gasteiger partial charge in [0.2, 0.25) is 5.76 Å². The van der Waals surface area contributed by atoms with Gasteiger partial charge in [-0.15, -0.1) is 0 Å². The number of hydrogen-bond donors (Lipinski definition) is 1. The van der Waals surface area contributed by atoms with E-state index in [0.717, 1.165) is 0 Å². The number of rotatable bonds is 5. The molecule has 5 nitrogen and oxygen atoms in total. The monoisotopic (exact) mass is 236 g/mol. The summed E-state index contributed by atoms with van der Waals surface area (Å²) in [7, 11) is 0. The summed E-state index contributed by atoms with van der Waals surface area (Å²) in [5.74, 6) is 0.0127. The summed E-state index contributed by atoms with van der Waals surface area (Å²) in [4.78, 5) is 10.6. The summed E-state index contributed by atoms with van der Waals surface area (Å²) in [5, 5.41) is 8.71. The van der Waals surface area contributed by atoms with Crippen LogP contribution < -0.4 is 0 Å². The Morgan fingerprint density at radius 1 is 1.47 bits per heavy atom. The summed E-state index contributed by atoms with van der Waals surface area (Å²) < 4.78 is 15.7. The first-order chi connectivity index (χ1) is 8.16. The molecule has 0 aliphatic heterocycles. The second kappa shape index (κ2) is 4.88. The Hall–Kier alpha value is -2.01. The smallest absolute Gasteiger partial charge is 0.371 e. The largest absolute Gasteiger partial charge is 0.475 e. The van der Waals surface area contributed by atoms with Crippen LogP contribution in [0.4, 0.5) is 0 Å². The lowest BCUT2D eigenvalue weighted by Crippen LogP contribution is -1.99. The van der Waals surface area contributed by atoms with Crippen LogP contribution in [-0.2, 0) is 11.3 Å². The van der Waals surface area contributed by atoms with Gasteiger partial charge >= 0.3 is 5.97 Å². The average molecular weight is 236 g/mol. The standard InChI is InChI=1S/C12H12O5/c1-8(16-7-9-3-2-6-15-9)10-4-5-11(17-10)12(13)14/h2-6,8H,7H2,1H3,(H,13,14). The maximum atomic E-state index is 10.6. The third-order valence-electron chi connectivity index (χ3n) is 2.29. The van der Waals surface area contributed by atoms with Crippen LogP contribution in [0.5, 0.6) is 0 Å². The molecule has 2 rings (SSSR count). The van der Waals surface area contributed by atoms with E-state index in [1.54, 1.807) is 31.4 Å². The van der Waals surface area contributed by atoms with Crippen LogP contribution in [0.15, 0.2) is 39.4 Å². The molecule has 0 spiro atoms. The van der Waals surface area contributed by atoms with E-state index in [-0.39, 0.29) is 11.9 Å². The Bertz CT molecular complexity index is 483. The van der Waals surface area contributed by atoms with Gasteiger partial charge in [-0.3, -0.25) is 0 Å².